The molecule has 0 aliphatic heterocycles. The van der Waals surface area contributed by atoms with Gasteiger partial charge in [-0.1, -0.05) is 6.92 Å². The van der Waals surface area contributed by atoms with Crippen LogP contribution >= 0.6 is 17.0 Å². The minimum absolute atomic E-state index is 0. The van der Waals surface area contributed by atoms with E-state index in [4.69, 9.17) is 4.84 Å². The summed E-state index contributed by atoms with van der Waals surface area (Å²) in [7, 11) is 3.55. The van der Waals surface area contributed by atoms with Gasteiger partial charge in [-0.15, -0.1) is 17.0 Å². The Bertz CT molecular complexity index is 30.9. The van der Waals surface area contributed by atoms with Crippen LogP contribution in [0.1, 0.15) is 6.92 Å². The van der Waals surface area contributed by atoms with Gasteiger partial charge in [-0.05, 0) is 0 Å². The molecule has 0 amide bonds. The van der Waals surface area contributed by atoms with E-state index in [0.717, 1.165) is 6.54 Å². The van der Waals surface area contributed by atoms with Crippen LogP contribution in [0.2, 0.25) is 0 Å². The molecule has 46 valence electrons. The summed E-state index contributed by atoms with van der Waals surface area (Å²) in [6.45, 7) is 2.97. The molecule has 0 spiro atoms. The average molecular weight is 170 g/mol. The van der Waals surface area contributed by atoms with Crippen LogP contribution in [0.25, 0.3) is 0 Å². The van der Waals surface area contributed by atoms with Gasteiger partial charge in [0.05, 0.1) is 7.11 Å². The fourth-order valence-electron chi connectivity index (χ4n) is 0.129. The minimum atomic E-state index is 0. The van der Waals surface area contributed by atoms with Gasteiger partial charge in [-0.3, -0.25) is 0 Å². The SMILES string of the molecule is Br.CCN(C)OC. The van der Waals surface area contributed by atoms with Crippen molar-refractivity contribution in [2.75, 3.05) is 20.7 Å². The largest absolute Gasteiger partial charge is 0.303 e. The molecule has 0 atom stereocenters. The highest BCUT2D eigenvalue weighted by Gasteiger charge is 1.81. The lowest BCUT2D eigenvalue weighted by atomic mass is 10.8. The highest BCUT2D eigenvalue weighted by Crippen LogP contribution is 1.74. The molecule has 0 aromatic heterocycles. The van der Waals surface area contributed by atoms with Crippen LogP contribution in [-0.2, 0) is 4.84 Å². The average Bonchev–Trinajstić information content (AvgIpc) is 1.65. The molecule has 0 aromatic carbocycles. The van der Waals surface area contributed by atoms with E-state index in [1.807, 2.05) is 14.0 Å². The Morgan fingerprint density at radius 2 is 2.00 bits per heavy atom. The molecule has 7 heavy (non-hydrogen) atoms. The van der Waals surface area contributed by atoms with Gasteiger partial charge in [0.25, 0.3) is 0 Å². The monoisotopic (exact) mass is 169 g/mol. The number of nitrogens with zero attached hydrogens (tertiary/aromatic N) is 1. The van der Waals surface area contributed by atoms with E-state index in [-0.39, 0.29) is 17.0 Å². The zero-order valence-corrected chi connectivity index (χ0v) is 6.68. The fraction of sp³-hybridized carbons (Fsp3) is 1.00. The number of hydrogen-bond acceptors (Lipinski definition) is 2. The normalized spacial score (nSPS) is 8.57. The topological polar surface area (TPSA) is 12.5 Å². The first-order valence-electron chi connectivity index (χ1n) is 2.06. The van der Waals surface area contributed by atoms with E-state index in [2.05, 4.69) is 0 Å². The van der Waals surface area contributed by atoms with Crippen LogP contribution in [0.4, 0.5) is 0 Å². The summed E-state index contributed by atoms with van der Waals surface area (Å²) >= 11 is 0. The lowest BCUT2D eigenvalue weighted by Crippen LogP contribution is -2.14. The lowest BCUT2D eigenvalue weighted by Gasteiger charge is -2.07. The molecule has 0 N–H and O–H groups in total. The number of hydroxylamine groups is 2. The Kier molecular flexibility index (Phi) is 9.50. The second-order valence-electron chi connectivity index (χ2n) is 1.13. The van der Waals surface area contributed by atoms with Crippen LogP contribution in [0.5, 0.6) is 0 Å². The molecule has 3 heteroatoms. The van der Waals surface area contributed by atoms with Crippen LogP contribution in [0, 0.1) is 0 Å². The summed E-state index contributed by atoms with van der Waals surface area (Å²) in [5.74, 6) is 0. The van der Waals surface area contributed by atoms with Crippen molar-refractivity contribution >= 4 is 17.0 Å². The molecule has 0 fully saturated rings. The Morgan fingerprint density at radius 3 is 2.00 bits per heavy atom. The van der Waals surface area contributed by atoms with Crippen LogP contribution < -0.4 is 0 Å². The predicted octanol–water partition coefficient (Wildman–Crippen LogP) is 1.08. The van der Waals surface area contributed by atoms with Crippen molar-refractivity contribution in [3.8, 4) is 0 Å². The van der Waals surface area contributed by atoms with Gasteiger partial charge < -0.3 is 4.84 Å². The quantitative estimate of drug-likeness (QED) is 0.575. The molecular formula is C4H12BrNO. The van der Waals surface area contributed by atoms with E-state index in [9.17, 15) is 0 Å². The maximum atomic E-state index is 4.73. The van der Waals surface area contributed by atoms with Gasteiger partial charge >= 0.3 is 0 Å². The van der Waals surface area contributed by atoms with Gasteiger partial charge in [0.15, 0.2) is 0 Å². The Hall–Kier alpha value is 0.400. The lowest BCUT2D eigenvalue weighted by molar-refractivity contribution is -0.104. The number of hydrogen-bond donors (Lipinski definition) is 0. The Balaban J connectivity index is 0. The van der Waals surface area contributed by atoms with Gasteiger partial charge in [0.2, 0.25) is 0 Å². The van der Waals surface area contributed by atoms with E-state index in [1.165, 1.54) is 0 Å². The number of halogens is 1. The highest BCUT2D eigenvalue weighted by molar-refractivity contribution is 8.93. The zero-order chi connectivity index (χ0) is 4.99. The van der Waals surface area contributed by atoms with E-state index in [0.29, 0.717) is 0 Å². The first kappa shape index (κ1) is 10.4. The van der Waals surface area contributed by atoms with Crippen LogP contribution in [0.3, 0.4) is 0 Å². The molecule has 0 unspecified atom stereocenters. The standard InChI is InChI=1S/C4H11NO.BrH/c1-4-5(2)6-3;/h4H2,1-3H3;1H. The van der Waals surface area contributed by atoms with Gasteiger partial charge in [0, 0.05) is 13.6 Å². The fourth-order valence-corrected chi connectivity index (χ4v) is 0.129. The third-order valence-corrected chi connectivity index (χ3v) is 0.757. The third-order valence-electron chi connectivity index (χ3n) is 0.757. The molecule has 0 heterocycles. The highest BCUT2D eigenvalue weighted by atomic mass is 79.9. The van der Waals surface area contributed by atoms with Crippen LogP contribution in [-0.4, -0.2) is 25.8 Å². The third kappa shape index (κ3) is 6.40. The second-order valence-corrected chi connectivity index (χ2v) is 1.13. The van der Waals surface area contributed by atoms with Crippen molar-refractivity contribution in [3.63, 3.8) is 0 Å². The molecule has 2 nitrogen and oxygen atoms in total. The molecule has 0 bridgehead atoms. The summed E-state index contributed by atoms with van der Waals surface area (Å²) in [6, 6.07) is 0. The van der Waals surface area contributed by atoms with Crippen molar-refractivity contribution in [1.82, 2.24) is 5.06 Å². The van der Waals surface area contributed by atoms with E-state index in [1.54, 1.807) is 12.2 Å². The van der Waals surface area contributed by atoms with E-state index >= 15 is 0 Å². The predicted molar refractivity (Wildman–Crippen MR) is 35.6 cm³/mol. The summed E-state index contributed by atoms with van der Waals surface area (Å²) in [5.41, 5.74) is 0. The summed E-state index contributed by atoms with van der Waals surface area (Å²) in [4.78, 5) is 4.73. The maximum absolute atomic E-state index is 4.73. The van der Waals surface area contributed by atoms with Crippen molar-refractivity contribution in [2.24, 2.45) is 0 Å². The summed E-state index contributed by atoms with van der Waals surface area (Å²) < 4.78 is 0. The maximum Gasteiger partial charge on any atom is 0.0575 e. The number of rotatable bonds is 2. The smallest absolute Gasteiger partial charge is 0.0575 e. The first-order chi connectivity index (χ1) is 2.81. The molecule has 0 saturated heterocycles. The van der Waals surface area contributed by atoms with Crippen molar-refractivity contribution in [3.05, 3.63) is 0 Å². The molecule has 0 aliphatic rings. The minimum Gasteiger partial charge on any atom is -0.303 e. The van der Waals surface area contributed by atoms with Crippen molar-refractivity contribution in [2.45, 2.75) is 6.92 Å². The van der Waals surface area contributed by atoms with Crippen molar-refractivity contribution < 1.29 is 4.84 Å². The van der Waals surface area contributed by atoms with Crippen molar-refractivity contribution in [1.29, 1.82) is 0 Å². The first-order valence-corrected chi connectivity index (χ1v) is 2.06. The zero-order valence-electron chi connectivity index (χ0n) is 4.97. The molecule has 0 radical (unpaired) electrons. The Morgan fingerprint density at radius 1 is 1.57 bits per heavy atom. The summed E-state index contributed by atoms with van der Waals surface area (Å²) in [6.07, 6.45) is 0. The van der Waals surface area contributed by atoms with Crippen LogP contribution in [0.15, 0.2) is 0 Å². The molecule has 0 saturated carbocycles. The molecule has 0 aliphatic carbocycles. The Labute approximate surface area is 55.2 Å². The molecular weight excluding hydrogens is 158 g/mol. The molecule has 0 aromatic rings. The van der Waals surface area contributed by atoms with E-state index < -0.39 is 0 Å². The van der Waals surface area contributed by atoms with Gasteiger partial charge in [-0.25, -0.2) is 0 Å². The van der Waals surface area contributed by atoms with Gasteiger partial charge in [0.1, 0.15) is 0 Å². The molecule has 0 rings (SSSR count). The summed E-state index contributed by atoms with van der Waals surface area (Å²) in [5, 5.41) is 1.75. The second kappa shape index (κ2) is 6.40. The van der Waals surface area contributed by atoms with Gasteiger partial charge in [-0.2, -0.15) is 5.06 Å².